The molecule has 0 bridgehead atoms. The summed E-state index contributed by atoms with van der Waals surface area (Å²) < 4.78 is 14.9. The molecule has 17 heavy (non-hydrogen) atoms. The highest BCUT2D eigenvalue weighted by Crippen LogP contribution is 2.16. The van der Waals surface area contributed by atoms with Crippen molar-refractivity contribution < 1.29 is 4.55 Å². The first kappa shape index (κ1) is 14.5. The number of nitrogens with zero attached hydrogens (tertiary/aromatic N) is 1. The minimum Gasteiger partial charge on any atom is -0.598 e. The quantitative estimate of drug-likeness (QED) is 0.820. The van der Waals surface area contributed by atoms with Crippen molar-refractivity contribution in [3.63, 3.8) is 0 Å². The van der Waals surface area contributed by atoms with Gasteiger partial charge in [0.05, 0.1) is 6.04 Å². The predicted octanol–water partition coefficient (Wildman–Crippen LogP) is 2.46. The minimum atomic E-state index is -1.05. The average Bonchev–Trinajstić information content (AvgIpc) is 2.28. The van der Waals surface area contributed by atoms with Gasteiger partial charge in [-0.2, -0.15) is 0 Å². The van der Waals surface area contributed by atoms with Crippen LogP contribution in [0.15, 0.2) is 24.4 Å². The van der Waals surface area contributed by atoms with E-state index >= 15 is 0 Å². The van der Waals surface area contributed by atoms with E-state index in [1.54, 1.807) is 6.20 Å². The molecular formula is C13H21N2OS. The van der Waals surface area contributed by atoms with Crippen molar-refractivity contribution in [3.8, 4) is 0 Å². The first-order chi connectivity index (χ1) is 7.93. The molecule has 95 valence electrons. The fourth-order valence-corrected chi connectivity index (χ4v) is 2.09. The van der Waals surface area contributed by atoms with Gasteiger partial charge in [-0.1, -0.05) is 13.0 Å². The highest BCUT2D eigenvalue weighted by molar-refractivity contribution is 7.90. The van der Waals surface area contributed by atoms with E-state index in [9.17, 15) is 4.55 Å². The molecule has 1 aromatic heterocycles. The molecule has 0 saturated carbocycles. The maximum Gasteiger partial charge on any atom is 0.136 e. The van der Waals surface area contributed by atoms with Crippen LogP contribution in [0, 0.1) is 6.42 Å². The molecule has 1 N–H and O–H groups in total. The molecule has 3 nitrogen and oxygen atoms in total. The molecular weight excluding hydrogens is 232 g/mol. The topological polar surface area (TPSA) is 48.0 Å². The lowest BCUT2D eigenvalue weighted by Crippen LogP contribution is -2.44. The summed E-state index contributed by atoms with van der Waals surface area (Å²) in [5, 5.41) is 0. The van der Waals surface area contributed by atoms with Crippen LogP contribution < -0.4 is 4.72 Å². The van der Waals surface area contributed by atoms with Gasteiger partial charge in [0.15, 0.2) is 0 Å². The first-order valence-electron chi connectivity index (χ1n) is 5.87. The summed E-state index contributed by atoms with van der Waals surface area (Å²) in [7, 11) is 0. The van der Waals surface area contributed by atoms with Crippen LogP contribution in [0.4, 0.5) is 0 Å². The lowest BCUT2D eigenvalue weighted by Gasteiger charge is -2.27. The van der Waals surface area contributed by atoms with Crippen molar-refractivity contribution in [1.82, 2.24) is 9.71 Å². The molecule has 1 aromatic rings. The molecule has 0 aromatic carbocycles. The molecule has 2 unspecified atom stereocenters. The zero-order valence-electron chi connectivity index (χ0n) is 10.9. The summed E-state index contributed by atoms with van der Waals surface area (Å²) in [4.78, 5) is 4.24. The zero-order chi connectivity index (χ0) is 12.9. The van der Waals surface area contributed by atoms with Crippen molar-refractivity contribution >= 4 is 11.4 Å². The van der Waals surface area contributed by atoms with Crippen molar-refractivity contribution in [2.45, 2.75) is 44.9 Å². The van der Waals surface area contributed by atoms with E-state index in [2.05, 4.69) is 16.6 Å². The predicted molar refractivity (Wildman–Crippen MR) is 72.7 cm³/mol. The Morgan fingerprint density at radius 1 is 1.47 bits per heavy atom. The number of rotatable bonds is 5. The number of hydrogen-bond acceptors (Lipinski definition) is 3. The molecule has 0 spiro atoms. The van der Waals surface area contributed by atoms with Crippen molar-refractivity contribution in [2.24, 2.45) is 0 Å². The Labute approximate surface area is 107 Å². The smallest absolute Gasteiger partial charge is 0.136 e. The third-order valence-corrected chi connectivity index (χ3v) is 3.94. The lowest BCUT2D eigenvalue weighted by molar-refractivity contribution is 0.528. The second kappa shape index (κ2) is 6.38. The normalized spacial score (nSPS) is 15.6. The van der Waals surface area contributed by atoms with Crippen LogP contribution in [0.5, 0.6) is 0 Å². The summed E-state index contributed by atoms with van der Waals surface area (Å²) >= 11 is -1.05. The van der Waals surface area contributed by atoms with Gasteiger partial charge in [-0.3, -0.25) is 4.98 Å². The van der Waals surface area contributed by atoms with Gasteiger partial charge in [0.2, 0.25) is 0 Å². The Kier molecular flexibility index (Phi) is 5.43. The molecule has 2 atom stereocenters. The minimum absolute atomic E-state index is 0.0879. The van der Waals surface area contributed by atoms with Crippen LogP contribution in [0.2, 0.25) is 0 Å². The average molecular weight is 253 g/mol. The highest BCUT2D eigenvalue weighted by atomic mass is 32.2. The fourth-order valence-electron chi connectivity index (χ4n) is 1.23. The number of hydrogen-bond donors (Lipinski definition) is 1. The van der Waals surface area contributed by atoms with Crippen LogP contribution in [-0.4, -0.2) is 20.3 Å². The van der Waals surface area contributed by atoms with E-state index in [0.29, 0.717) is 0 Å². The van der Waals surface area contributed by atoms with E-state index in [1.807, 2.05) is 45.4 Å². The van der Waals surface area contributed by atoms with Crippen LogP contribution >= 0.6 is 0 Å². The summed E-state index contributed by atoms with van der Waals surface area (Å²) in [6.07, 6.45) is 4.67. The number of pyridine rings is 1. The van der Waals surface area contributed by atoms with Gasteiger partial charge < -0.3 is 4.55 Å². The molecule has 1 rings (SSSR count). The Hall–Kier alpha value is -0.580. The van der Waals surface area contributed by atoms with Gasteiger partial charge in [0.1, 0.15) is 4.75 Å². The zero-order valence-corrected chi connectivity index (χ0v) is 11.8. The molecule has 0 aliphatic heterocycles. The summed E-state index contributed by atoms with van der Waals surface area (Å²) in [5.41, 5.74) is 0.915. The van der Waals surface area contributed by atoms with Gasteiger partial charge in [0, 0.05) is 29.7 Å². The molecule has 0 saturated heterocycles. The molecule has 0 amide bonds. The van der Waals surface area contributed by atoms with E-state index in [-0.39, 0.29) is 10.8 Å². The first-order valence-corrected chi connectivity index (χ1v) is 7.02. The maximum atomic E-state index is 12.0. The summed E-state index contributed by atoms with van der Waals surface area (Å²) in [6, 6.07) is 5.88. The third kappa shape index (κ3) is 5.06. The van der Waals surface area contributed by atoms with Crippen molar-refractivity contribution in [2.75, 3.05) is 0 Å². The standard InChI is InChI=1S/C13H21N2OS/c1-5-11(15-17(16)13(2,3)4)10-12-8-6-7-9-14-12/h6-11,15H,5H2,1-4H3. The van der Waals surface area contributed by atoms with E-state index in [0.717, 1.165) is 12.1 Å². The SMILES string of the molecule is CCC([CH]c1ccccn1)N[S+]([O-])C(C)(C)C. The largest absolute Gasteiger partial charge is 0.598 e. The Bertz CT molecular complexity index is 324. The molecule has 0 fully saturated rings. The van der Waals surface area contributed by atoms with E-state index < -0.39 is 11.4 Å². The van der Waals surface area contributed by atoms with Gasteiger partial charge >= 0.3 is 0 Å². The Morgan fingerprint density at radius 2 is 2.18 bits per heavy atom. The molecule has 4 heteroatoms. The molecule has 0 aliphatic rings. The summed E-state index contributed by atoms with van der Waals surface area (Å²) in [5.74, 6) is 0. The lowest BCUT2D eigenvalue weighted by atomic mass is 10.1. The van der Waals surface area contributed by atoms with Gasteiger partial charge in [0.25, 0.3) is 0 Å². The second-order valence-corrected chi connectivity index (χ2v) is 6.93. The van der Waals surface area contributed by atoms with Crippen LogP contribution in [0.3, 0.4) is 0 Å². The monoisotopic (exact) mass is 253 g/mol. The van der Waals surface area contributed by atoms with Gasteiger partial charge in [-0.05, 0) is 39.3 Å². The molecule has 1 radical (unpaired) electrons. The molecule has 1 heterocycles. The number of nitrogens with one attached hydrogen (secondary N) is 1. The Morgan fingerprint density at radius 3 is 2.65 bits per heavy atom. The second-order valence-electron chi connectivity index (χ2n) is 4.93. The third-order valence-electron chi connectivity index (χ3n) is 2.31. The summed E-state index contributed by atoms with van der Waals surface area (Å²) in [6.45, 7) is 7.95. The van der Waals surface area contributed by atoms with E-state index in [4.69, 9.17) is 0 Å². The fraction of sp³-hybridized carbons (Fsp3) is 0.538. The van der Waals surface area contributed by atoms with Crippen LogP contribution in [0.1, 0.15) is 39.8 Å². The highest BCUT2D eigenvalue weighted by Gasteiger charge is 2.28. The van der Waals surface area contributed by atoms with Gasteiger partial charge in [-0.15, -0.1) is 4.72 Å². The molecule has 0 aliphatic carbocycles. The van der Waals surface area contributed by atoms with E-state index in [1.165, 1.54) is 0 Å². The van der Waals surface area contributed by atoms with Crippen LogP contribution in [0.25, 0.3) is 0 Å². The van der Waals surface area contributed by atoms with Crippen LogP contribution in [-0.2, 0) is 11.4 Å². The van der Waals surface area contributed by atoms with Gasteiger partial charge in [-0.25, -0.2) is 0 Å². The maximum absolute atomic E-state index is 12.0. The number of aromatic nitrogens is 1. The Balaban J connectivity index is 2.55. The van der Waals surface area contributed by atoms with Crippen molar-refractivity contribution in [1.29, 1.82) is 0 Å². The van der Waals surface area contributed by atoms with Crippen molar-refractivity contribution in [3.05, 3.63) is 36.5 Å².